The number of pyridine rings is 1. The van der Waals surface area contributed by atoms with Gasteiger partial charge in [-0.05, 0) is 44.0 Å². The Morgan fingerprint density at radius 1 is 1.26 bits per heavy atom. The summed E-state index contributed by atoms with van der Waals surface area (Å²) in [5.41, 5.74) is 1.84. The van der Waals surface area contributed by atoms with Crippen LogP contribution < -0.4 is 0 Å². The highest BCUT2D eigenvalue weighted by Gasteiger charge is 2.23. The number of aromatic nitrogens is 5. The minimum atomic E-state index is -0.576. The van der Waals surface area contributed by atoms with Gasteiger partial charge in [0.05, 0.1) is 23.4 Å². The van der Waals surface area contributed by atoms with E-state index >= 15 is 0 Å². The predicted molar refractivity (Wildman–Crippen MR) is 103 cm³/mol. The molecule has 0 bridgehead atoms. The zero-order valence-electron chi connectivity index (χ0n) is 15.2. The van der Waals surface area contributed by atoms with Gasteiger partial charge in [-0.3, -0.25) is 4.90 Å². The Bertz CT molecular complexity index is 880. The van der Waals surface area contributed by atoms with Crippen LogP contribution in [0.25, 0.3) is 5.82 Å². The fourth-order valence-corrected chi connectivity index (χ4v) is 3.62. The standard InChI is InChI=1S/C19H23ClN6O/c1-14(27)18-13-26(23-22-18)16-6-9-24(10-7-16)12-17-3-2-8-25(17)19-5-4-15(20)11-21-19/h2-5,8,11,13-14,16,27H,6-7,9-10,12H2,1H3/t14-/m1/s1. The van der Waals surface area contributed by atoms with Gasteiger partial charge in [0, 0.05) is 37.7 Å². The van der Waals surface area contributed by atoms with Crippen molar-refractivity contribution in [1.82, 2.24) is 29.4 Å². The molecule has 27 heavy (non-hydrogen) atoms. The molecule has 1 aliphatic heterocycles. The Balaban J connectivity index is 1.38. The number of halogens is 1. The summed E-state index contributed by atoms with van der Waals surface area (Å²) in [5.74, 6) is 0.877. The lowest BCUT2D eigenvalue weighted by Gasteiger charge is -2.31. The summed E-state index contributed by atoms with van der Waals surface area (Å²) in [6, 6.07) is 8.31. The van der Waals surface area contributed by atoms with E-state index in [1.165, 1.54) is 5.69 Å². The molecule has 3 aromatic heterocycles. The largest absolute Gasteiger partial charge is 0.387 e. The molecule has 3 aromatic rings. The van der Waals surface area contributed by atoms with Gasteiger partial charge in [-0.25, -0.2) is 9.67 Å². The van der Waals surface area contributed by atoms with E-state index in [9.17, 15) is 5.11 Å². The van der Waals surface area contributed by atoms with Crippen LogP contribution in [0.3, 0.4) is 0 Å². The predicted octanol–water partition coefficient (Wildman–Crippen LogP) is 3.01. The molecule has 1 N–H and O–H groups in total. The van der Waals surface area contributed by atoms with Crippen LogP contribution in [0.2, 0.25) is 5.02 Å². The molecule has 1 fully saturated rings. The molecule has 0 unspecified atom stereocenters. The molecule has 0 radical (unpaired) electrons. The molecule has 7 nitrogen and oxygen atoms in total. The van der Waals surface area contributed by atoms with Crippen molar-refractivity contribution < 1.29 is 5.11 Å². The van der Waals surface area contributed by atoms with Gasteiger partial charge in [-0.1, -0.05) is 16.8 Å². The first kappa shape index (κ1) is 18.2. The van der Waals surface area contributed by atoms with Crippen molar-refractivity contribution in [3.8, 4) is 5.82 Å². The number of hydrogen-bond acceptors (Lipinski definition) is 5. The van der Waals surface area contributed by atoms with Gasteiger partial charge in [-0.15, -0.1) is 5.10 Å². The molecule has 1 atom stereocenters. The second kappa shape index (κ2) is 7.80. The van der Waals surface area contributed by atoms with Gasteiger partial charge >= 0.3 is 0 Å². The van der Waals surface area contributed by atoms with Gasteiger partial charge in [0.25, 0.3) is 0 Å². The maximum absolute atomic E-state index is 9.62. The van der Waals surface area contributed by atoms with Crippen molar-refractivity contribution in [2.45, 2.75) is 38.5 Å². The van der Waals surface area contributed by atoms with E-state index < -0.39 is 6.10 Å². The van der Waals surface area contributed by atoms with Crippen molar-refractivity contribution >= 4 is 11.6 Å². The molecule has 0 spiro atoms. The summed E-state index contributed by atoms with van der Waals surface area (Å²) in [7, 11) is 0. The maximum Gasteiger partial charge on any atom is 0.136 e. The first-order chi connectivity index (χ1) is 13.1. The average Bonchev–Trinajstić information content (AvgIpc) is 3.33. The molecule has 0 aromatic carbocycles. The van der Waals surface area contributed by atoms with E-state index in [1.54, 1.807) is 13.1 Å². The summed E-state index contributed by atoms with van der Waals surface area (Å²) in [4.78, 5) is 6.87. The molecule has 0 amide bonds. The van der Waals surface area contributed by atoms with Crippen LogP contribution in [0.1, 0.15) is 43.3 Å². The lowest BCUT2D eigenvalue weighted by molar-refractivity contribution is 0.169. The highest BCUT2D eigenvalue weighted by Crippen LogP contribution is 2.24. The van der Waals surface area contributed by atoms with E-state index in [0.717, 1.165) is 38.3 Å². The fourth-order valence-electron chi connectivity index (χ4n) is 3.51. The van der Waals surface area contributed by atoms with Crippen molar-refractivity contribution in [2.24, 2.45) is 0 Å². The third-order valence-electron chi connectivity index (χ3n) is 5.06. The molecule has 8 heteroatoms. The molecule has 1 saturated heterocycles. The second-order valence-corrected chi connectivity index (χ2v) is 7.45. The third kappa shape index (κ3) is 4.05. The van der Waals surface area contributed by atoms with Gasteiger partial charge < -0.3 is 9.67 Å². The Labute approximate surface area is 163 Å². The van der Waals surface area contributed by atoms with Crippen molar-refractivity contribution in [1.29, 1.82) is 0 Å². The lowest BCUT2D eigenvalue weighted by Crippen LogP contribution is -2.34. The highest BCUT2D eigenvalue weighted by atomic mass is 35.5. The Morgan fingerprint density at radius 3 is 2.74 bits per heavy atom. The van der Waals surface area contributed by atoms with Crippen molar-refractivity contribution in [3.63, 3.8) is 0 Å². The molecule has 4 rings (SSSR count). The average molecular weight is 387 g/mol. The minimum absolute atomic E-state index is 0.339. The van der Waals surface area contributed by atoms with Crippen LogP contribution in [0.5, 0.6) is 0 Å². The second-order valence-electron chi connectivity index (χ2n) is 7.01. The molecule has 0 aliphatic carbocycles. The first-order valence-electron chi connectivity index (χ1n) is 9.20. The minimum Gasteiger partial charge on any atom is -0.387 e. The zero-order valence-corrected chi connectivity index (χ0v) is 16.0. The van der Waals surface area contributed by atoms with Gasteiger partial charge in [-0.2, -0.15) is 0 Å². The Morgan fingerprint density at radius 2 is 2.07 bits per heavy atom. The van der Waals surface area contributed by atoms with Gasteiger partial charge in [0.2, 0.25) is 0 Å². The van der Waals surface area contributed by atoms with Crippen LogP contribution in [0.4, 0.5) is 0 Å². The summed E-state index contributed by atoms with van der Waals surface area (Å²) >= 11 is 5.95. The molecule has 142 valence electrons. The van der Waals surface area contributed by atoms with Crippen LogP contribution >= 0.6 is 11.6 Å². The van der Waals surface area contributed by atoms with Gasteiger partial charge in [0.15, 0.2) is 0 Å². The molecule has 4 heterocycles. The summed E-state index contributed by atoms with van der Waals surface area (Å²) in [6.07, 6.45) is 7.03. The number of aliphatic hydroxyl groups is 1. The molecule has 0 saturated carbocycles. The molecular formula is C19H23ClN6O. The number of rotatable bonds is 5. The van der Waals surface area contributed by atoms with Gasteiger partial charge in [0.1, 0.15) is 11.5 Å². The van der Waals surface area contributed by atoms with Crippen LogP contribution in [-0.2, 0) is 6.54 Å². The van der Waals surface area contributed by atoms with E-state index in [2.05, 4.69) is 30.8 Å². The number of nitrogens with zero attached hydrogens (tertiary/aromatic N) is 6. The highest BCUT2D eigenvalue weighted by molar-refractivity contribution is 6.30. The van der Waals surface area contributed by atoms with Crippen LogP contribution in [-0.4, -0.2) is 47.6 Å². The van der Waals surface area contributed by atoms with E-state index in [1.807, 2.05) is 35.3 Å². The van der Waals surface area contributed by atoms with Crippen LogP contribution in [0.15, 0.2) is 42.9 Å². The molecule has 1 aliphatic rings. The SMILES string of the molecule is C[C@@H](O)c1cn(C2CCN(Cc3cccn3-c3ccc(Cl)cn3)CC2)nn1. The fraction of sp³-hybridized carbons (Fsp3) is 0.421. The summed E-state index contributed by atoms with van der Waals surface area (Å²) in [5, 5.41) is 18.5. The van der Waals surface area contributed by atoms with E-state index in [4.69, 9.17) is 11.6 Å². The number of aliphatic hydroxyl groups excluding tert-OH is 1. The van der Waals surface area contributed by atoms with E-state index in [-0.39, 0.29) is 0 Å². The zero-order chi connectivity index (χ0) is 18.8. The topological polar surface area (TPSA) is 72.0 Å². The van der Waals surface area contributed by atoms with Crippen molar-refractivity contribution in [2.75, 3.05) is 13.1 Å². The number of likely N-dealkylation sites (tertiary alicyclic amines) is 1. The number of hydrogen-bond donors (Lipinski definition) is 1. The summed E-state index contributed by atoms with van der Waals surface area (Å²) in [6.45, 7) is 4.57. The normalized spacial score (nSPS) is 17.3. The van der Waals surface area contributed by atoms with Crippen molar-refractivity contribution in [3.05, 3.63) is 59.3 Å². The van der Waals surface area contributed by atoms with Crippen LogP contribution in [0, 0.1) is 0 Å². The van der Waals surface area contributed by atoms with E-state index in [0.29, 0.717) is 16.8 Å². The quantitative estimate of drug-likeness (QED) is 0.729. The number of piperidine rings is 1. The monoisotopic (exact) mass is 386 g/mol. The lowest BCUT2D eigenvalue weighted by atomic mass is 10.1. The maximum atomic E-state index is 9.62. The third-order valence-corrected chi connectivity index (χ3v) is 5.29. The molecular weight excluding hydrogens is 364 g/mol. The first-order valence-corrected chi connectivity index (χ1v) is 9.58. The smallest absolute Gasteiger partial charge is 0.136 e. The Kier molecular flexibility index (Phi) is 5.24. The Hall–Kier alpha value is -2.22. The summed E-state index contributed by atoms with van der Waals surface area (Å²) < 4.78 is 4.01.